The highest BCUT2D eigenvalue weighted by Gasteiger charge is 2.31. The first-order valence-corrected chi connectivity index (χ1v) is 10.2. The van der Waals surface area contributed by atoms with Crippen molar-refractivity contribution in [3.8, 4) is 0 Å². The zero-order valence-electron chi connectivity index (χ0n) is 7.65. The SMILES string of the molecule is C[SiH]1CCCN1[Si](C)(C)C. The first-order valence-electron chi connectivity index (χ1n) is 4.28. The summed E-state index contributed by atoms with van der Waals surface area (Å²) in [6.07, 6.45) is 1.48. The third kappa shape index (κ3) is 1.71. The van der Waals surface area contributed by atoms with Gasteiger partial charge in [-0.1, -0.05) is 26.2 Å². The van der Waals surface area contributed by atoms with Crippen molar-refractivity contribution >= 4 is 17.2 Å². The van der Waals surface area contributed by atoms with E-state index in [0.717, 1.165) is 0 Å². The maximum atomic E-state index is 2.87. The van der Waals surface area contributed by atoms with E-state index in [2.05, 4.69) is 30.4 Å². The standard InChI is InChI=1S/C7H19NSi2/c1-9-7-5-6-8(9)10(2,3)4/h9H,5-7H2,1-4H3. The molecular formula is C7H19NSi2. The molecule has 1 rings (SSSR count). The monoisotopic (exact) mass is 173 g/mol. The predicted octanol–water partition coefficient (Wildman–Crippen LogP) is 1.88. The van der Waals surface area contributed by atoms with Gasteiger partial charge in [0, 0.05) is 0 Å². The van der Waals surface area contributed by atoms with Gasteiger partial charge in [0.15, 0.2) is 0 Å². The fourth-order valence-corrected chi connectivity index (χ4v) is 10.1. The number of rotatable bonds is 1. The molecule has 1 unspecified atom stereocenters. The molecule has 1 fully saturated rings. The molecule has 1 aliphatic rings. The zero-order valence-corrected chi connectivity index (χ0v) is 9.80. The van der Waals surface area contributed by atoms with Gasteiger partial charge in [-0.15, -0.1) is 0 Å². The van der Waals surface area contributed by atoms with Crippen LogP contribution in [0, 0.1) is 0 Å². The van der Waals surface area contributed by atoms with Crippen LogP contribution < -0.4 is 0 Å². The summed E-state index contributed by atoms with van der Waals surface area (Å²) in [4.78, 5) is 0. The lowest BCUT2D eigenvalue weighted by Gasteiger charge is -2.33. The second-order valence-electron chi connectivity index (χ2n) is 4.36. The average molecular weight is 173 g/mol. The van der Waals surface area contributed by atoms with Crippen LogP contribution in [0.4, 0.5) is 0 Å². The van der Waals surface area contributed by atoms with E-state index in [-0.39, 0.29) is 0 Å². The predicted molar refractivity (Wildman–Crippen MR) is 52.5 cm³/mol. The minimum atomic E-state index is -0.892. The molecule has 0 aromatic rings. The third-order valence-corrected chi connectivity index (χ3v) is 10.6. The van der Waals surface area contributed by atoms with Crippen molar-refractivity contribution in [2.24, 2.45) is 0 Å². The van der Waals surface area contributed by atoms with Crippen LogP contribution in [0.2, 0.25) is 32.2 Å². The van der Waals surface area contributed by atoms with Crippen molar-refractivity contribution in [2.75, 3.05) is 6.54 Å². The molecule has 0 spiro atoms. The van der Waals surface area contributed by atoms with E-state index in [4.69, 9.17) is 0 Å². The summed E-state index contributed by atoms with van der Waals surface area (Å²) in [7, 11) is -1.29. The van der Waals surface area contributed by atoms with Crippen LogP contribution in [0.1, 0.15) is 6.42 Å². The molecule has 3 heteroatoms. The summed E-state index contributed by atoms with van der Waals surface area (Å²) in [5.41, 5.74) is 0. The van der Waals surface area contributed by atoms with Crippen LogP contribution in [0.15, 0.2) is 0 Å². The second kappa shape index (κ2) is 2.79. The molecule has 60 valence electrons. The van der Waals surface area contributed by atoms with Crippen LogP contribution in [0.25, 0.3) is 0 Å². The van der Waals surface area contributed by atoms with Crippen LogP contribution in [-0.4, -0.2) is 28.0 Å². The van der Waals surface area contributed by atoms with Crippen LogP contribution in [0.5, 0.6) is 0 Å². The summed E-state index contributed by atoms with van der Waals surface area (Å²) in [5.74, 6) is 0. The maximum absolute atomic E-state index is 2.87. The van der Waals surface area contributed by atoms with Gasteiger partial charge in [0.25, 0.3) is 0 Å². The van der Waals surface area contributed by atoms with Gasteiger partial charge in [0.05, 0.1) is 0 Å². The Balaban J connectivity index is 2.55. The van der Waals surface area contributed by atoms with Crippen molar-refractivity contribution < 1.29 is 0 Å². The van der Waals surface area contributed by atoms with E-state index in [1.807, 2.05) is 0 Å². The molecule has 10 heavy (non-hydrogen) atoms. The molecule has 1 heterocycles. The van der Waals surface area contributed by atoms with Gasteiger partial charge in [-0.25, -0.2) is 0 Å². The van der Waals surface area contributed by atoms with Crippen molar-refractivity contribution in [3.05, 3.63) is 0 Å². The van der Waals surface area contributed by atoms with Crippen LogP contribution in [-0.2, 0) is 0 Å². The second-order valence-corrected chi connectivity index (χ2v) is 12.7. The average Bonchev–Trinajstić information content (AvgIpc) is 2.11. The van der Waals surface area contributed by atoms with E-state index >= 15 is 0 Å². The van der Waals surface area contributed by atoms with E-state index in [9.17, 15) is 0 Å². The first kappa shape index (κ1) is 8.49. The van der Waals surface area contributed by atoms with Crippen molar-refractivity contribution in [1.29, 1.82) is 0 Å². The Labute approximate surface area is 67.2 Å². The lowest BCUT2D eigenvalue weighted by molar-refractivity contribution is 0.674. The lowest BCUT2D eigenvalue weighted by atomic mass is 10.5. The quantitative estimate of drug-likeness (QED) is 0.547. The lowest BCUT2D eigenvalue weighted by Crippen LogP contribution is -2.49. The Bertz CT molecular complexity index is 119. The summed E-state index contributed by atoms with van der Waals surface area (Å²) < 4.78 is 2.87. The normalized spacial score (nSPS) is 29.4. The molecule has 1 aliphatic heterocycles. The van der Waals surface area contributed by atoms with Gasteiger partial charge in [-0.2, -0.15) is 0 Å². The topological polar surface area (TPSA) is 3.24 Å². The smallest absolute Gasteiger partial charge is 0.112 e. The zero-order chi connectivity index (χ0) is 7.78. The highest BCUT2D eigenvalue weighted by Crippen LogP contribution is 2.21. The molecule has 1 atom stereocenters. The maximum Gasteiger partial charge on any atom is 0.112 e. The highest BCUT2D eigenvalue weighted by atomic mass is 28.4. The van der Waals surface area contributed by atoms with Gasteiger partial charge in [0.2, 0.25) is 0 Å². The third-order valence-electron chi connectivity index (χ3n) is 2.41. The van der Waals surface area contributed by atoms with Crippen molar-refractivity contribution in [3.63, 3.8) is 0 Å². The first-order chi connectivity index (χ1) is 4.52. The molecule has 1 saturated heterocycles. The highest BCUT2D eigenvalue weighted by molar-refractivity contribution is 6.83. The molecule has 0 aliphatic carbocycles. The molecule has 0 N–H and O–H groups in total. The fourth-order valence-electron chi connectivity index (χ4n) is 1.93. The molecule has 0 aromatic carbocycles. The number of hydrogen-bond acceptors (Lipinski definition) is 1. The minimum absolute atomic E-state index is 0.394. The van der Waals surface area contributed by atoms with E-state index in [1.165, 1.54) is 13.0 Å². The minimum Gasteiger partial charge on any atom is -0.348 e. The summed E-state index contributed by atoms with van der Waals surface area (Å²) >= 11 is 0. The molecule has 1 nitrogen and oxygen atoms in total. The van der Waals surface area contributed by atoms with Gasteiger partial charge in [0.1, 0.15) is 17.2 Å². The molecule has 0 aromatic heterocycles. The Hall–Kier alpha value is 0.394. The molecule has 0 saturated carbocycles. The molecule has 0 bridgehead atoms. The Kier molecular flexibility index (Phi) is 2.37. The number of nitrogens with zero attached hydrogens (tertiary/aromatic N) is 1. The molecule has 0 amide bonds. The van der Waals surface area contributed by atoms with Gasteiger partial charge in [-0.3, -0.25) is 0 Å². The molecule has 0 radical (unpaired) electrons. The van der Waals surface area contributed by atoms with Crippen molar-refractivity contribution in [1.82, 2.24) is 4.23 Å². The van der Waals surface area contributed by atoms with Crippen LogP contribution in [0.3, 0.4) is 0 Å². The fraction of sp³-hybridized carbons (Fsp3) is 1.00. The summed E-state index contributed by atoms with van der Waals surface area (Å²) in [5, 5.41) is 0. The van der Waals surface area contributed by atoms with Gasteiger partial charge < -0.3 is 4.23 Å². The van der Waals surface area contributed by atoms with E-state index < -0.39 is 17.2 Å². The van der Waals surface area contributed by atoms with Crippen LogP contribution >= 0.6 is 0 Å². The summed E-state index contributed by atoms with van der Waals surface area (Å²) in [6, 6.07) is 1.56. The Morgan fingerprint density at radius 2 is 1.90 bits per heavy atom. The number of hydrogen-bond donors (Lipinski definition) is 0. The Morgan fingerprint density at radius 3 is 2.10 bits per heavy atom. The van der Waals surface area contributed by atoms with E-state index in [0.29, 0.717) is 0 Å². The summed E-state index contributed by atoms with van der Waals surface area (Å²) in [6.45, 7) is 11.3. The van der Waals surface area contributed by atoms with Gasteiger partial charge in [-0.05, 0) is 19.0 Å². The largest absolute Gasteiger partial charge is 0.348 e. The Morgan fingerprint density at radius 1 is 1.30 bits per heavy atom. The van der Waals surface area contributed by atoms with E-state index in [1.54, 1.807) is 6.04 Å². The van der Waals surface area contributed by atoms with Crippen molar-refractivity contribution in [2.45, 2.75) is 38.7 Å². The molecular weight excluding hydrogens is 154 g/mol. The van der Waals surface area contributed by atoms with Gasteiger partial charge >= 0.3 is 0 Å².